The van der Waals surface area contributed by atoms with Crippen molar-refractivity contribution in [2.24, 2.45) is 0 Å². The summed E-state index contributed by atoms with van der Waals surface area (Å²) in [7, 11) is 3.14. The standard InChI is InChI=1S/C45H45F3N6O3/c1-43(2,3)54(37-24-22-36(23-25-37)50-41(55)38-26-21-35(45(46,47)48)31-39(38)52(4)5)42(56)57-30-29-53-40(27-28-49-53)51-44(32-15-9-6-10-16-32,33-17-11-7-12-18-33)34-19-13-8-14-20-34/h6-28,31,51H,29-30H2,1-5H3,(H,50,55). The molecule has 6 aromatic rings. The fraction of sp³-hybridized carbons (Fsp3) is 0.222. The van der Waals surface area contributed by atoms with E-state index in [0.29, 0.717) is 11.4 Å². The molecule has 0 saturated heterocycles. The van der Waals surface area contributed by atoms with Crippen LogP contribution in [0.2, 0.25) is 0 Å². The first-order chi connectivity index (χ1) is 27.2. The number of nitrogens with one attached hydrogen (secondary N) is 2. The minimum Gasteiger partial charge on any atom is -0.447 e. The number of carbonyl (C=O) groups is 2. The summed E-state index contributed by atoms with van der Waals surface area (Å²) < 4.78 is 47.7. The van der Waals surface area contributed by atoms with E-state index < -0.39 is 34.8 Å². The summed E-state index contributed by atoms with van der Waals surface area (Å²) in [4.78, 5) is 29.9. The van der Waals surface area contributed by atoms with Crippen LogP contribution in [-0.4, -0.2) is 48.0 Å². The quantitative estimate of drug-likeness (QED) is 0.120. The van der Waals surface area contributed by atoms with E-state index in [1.807, 2.05) is 81.4 Å². The summed E-state index contributed by atoms with van der Waals surface area (Å²) in [6.07, 6.45) is -3.42. The molecule has 5 aromatic carbocycles. The lowest BCUT2D eigenvalue weighted by molar-refractivity contribution is -0.137. The van der Waals surface area contributed by atoms with Gasteiger partial charge in [-0.05, 0) is 79.9 Å². The van der Waals surface area contributed by atoms with Crippen LogP contribution in [-0.2, 0) is 23.0 Å². The number of hydrogen-bond acceptors (Lipinski definition) is 6. The third-order valence-corrected chi connectivity index (χ3v) is 9.47. The molecule has 9 nitrogen and oxygen atoms in total. The Labute approximate surface area is 330 Å². The molecule has 6 rings (SSSR count). The van der Waals surface area contributed by atoms with Crippen molar-refractivity contribution < 1.29 is 27.5 Å². The predicted molar refractivity (Wildman–Crippen MR) is 219 cm³/mol. The number of nitrogens with zero attached hydrogens (tertiary/aromatic N) is 4. The summed E-state index contributed by atoms with van der Waals surface area (Å²) in [5.41, 5.74) is 1.91. The Balaban J connectivity index is 1.17. The largest absolute Gasteiger partial charge is 0.447 e. The minimum absolute atomic E-state index is 0.0201. The second-order valence-corrected chi connectivity index (χ2v) is 14.7. The van der Waals surface area contributed by atoms with Crippen molar-refractivity contribution in [2.45, 2.75) is 44.6 Å². The van der Waals surface area contributed by atoms with Gasteiger partial charge in [0.05, 0.1) is 23.9 Å². The van der Waals surface area contributed by atoms with E-state index in [2.05, 4.69) is 52.1 Å². The fourth-order valence-corrected chi connectivity index (χ4v) is 6.80. The van der Waals surface area contributed by atoms with Crippen LogP contribution in [0.5, 0.6) is 0 Å². The molecule has 12 heteroatoms. The van der Waals surface area contributed by atoms with Crippen LogP contribution in [0.4, 0.5) is 40.8 Å². The normalized spacial score (nSPS) is 11.8. The van der Waals surface area contributed by atoms with E-state index >= 15 is 0 Å². The molecule has 2 amide bonds. The first-order valence-electron chi connectivity index (χ1n) is 18.4. The van der Waals surface area contributed by atoms with Crippen molar-refractivity contribution in [3.8, 4) is 0 Å². The van der Waals surface area contributed by atoms with Crippen molar-refractivity contribution in [3.05, 3.63) is 174 Å². The second-order valence-electron chi connectivity index (χ2n) is 14.7. The van der Waals surface area contributed by atoms with Crippen LogP contribution in [0.15, 0.2) is 146 Å². The minimum atomic E-state index is -4.55. The summed E-state index contributed by atoms with van der Waals surface area (Å²) >= 11 is 0. The predicted octanol–water partition coefficient (Wildman–Crippen LogP) is 10.1. The molecule has 0 bridgehead atoms. The highest BCUT2D eigenvalue weighted by Gasteiger charge is 2.37. The van der Waals surface area contributed by atoms with Crippen LogP contribution >= 0.6 is 0 Å². The zero-order valence-electron chi connectivity index (χ0n) is 32.4. The van der Waals surface area contributed by atoms with E-state index in [1.54, 1.807) is 49.2 Å². The molecule has 1 heterocycles. The van der Waals surface area contributed by atoms with E-state index in [4.69, 9.17) is 4.74 Å². The van der Waals surface area contributed by atoms with E-state index in [9.17, 15) is 22.8 Å². The number of benzene rings is 5. The molecular weight excluding hydrogens is 730 g/mol. The maximum absolute atomic E-state index is 13.7. The van der Waals surface area contributed by atoms with Gasteiger partial charge in [0.2, 0.25) is 0 Å². The molecule has 2 N–H and O–H groups in total. The van der Waals surface area contributed by atoms with Crippen molar-refractivity contribution in [2.75, 3.05) is 41.1 Å². The summed E-state index contributed by atoms with van der Waals surface area (Å²) in [6.45, 7) is 5.92. The maximum atomic E-state index is 13.7. The van der Waals surface area contributed by atoms with Crippen LogP contribution < -0.4 is 20.4 Å². The number of anilines is 4. The van der Waals surface area contributed by atoms with Gasteiger partial charge in [0.15, 0.2) is 0 Å². The average Bonchev–Trinajstić information content (AvgIpc) is 3.63. The van der Waals surface area contributed by atoms with Gasteiger partial charge < -0.3 is 20.3 Å². The Hall–Kier alpha value is -6.56. The monoisotopic (exact) mass is 774 g/mol. The van der Waals surface area contributed by atoms with Crippen LogP contribution in [0, 0.1) is 0 Å². The van der Waals surface area contributed by atoms with Crippen molar-refractivity contribution in [3.63, 3.8) is 0 Å². The molecule has 0 aliphatic carbocycles. The zero-order chi connectivity index (χ0) is 40.8. The smallest absolute Gasteiger partial charge is 0.416 e. The molecule has 0 fully saturated rings. The Kier molecular flexibility index (Phi) is 11.7. The van der Waals surface area contributed by atoms with Crippen LogP contribution in [0.1, 0.15) is 53.4 Å². The van der Waals surface area contributed by atoms with Gasteiger partial charge in [0.1, 0.15) is 18.0 Å². The summed E-state index contributed by atoms with van der Waals surface area (Å²) in [6, 6.07) is 42.1. The van der Waals surface area contributed by atoms with Crippen molar-refractivity contribution in [1.29, 1.82) is 0 Å². The van der Waals surface area contributed by atoms with Gasteiger partial charge in [-0.3, -0.25) is 9.69 Å². The third-order valence-electron chi connectivity index (χ3n) is 9.47. The van der Waals surface area contributed by atoms with Gasteiger partial charge in [-0.1, -0.05) is 91.0 Å². The number of carbonyl (C=O) groups excluding carboxylic acids is 2. The Morgan fingerprint density at radius 3 is 1.75 bits per heavy atom. The molecule has 0 aliphatic heterocycles. The van der Waals surface area contributed by atoms with Gasteiger partial charge >= 0.3 is 12.3 Å². The first kappa shape index (κ1) is 40.1. The van der Waals surface area contributed by atoms with E-state index in [-0.39, 0.29) is 24.4 Å². The fourth-order valence-electron chi connectivity index (χ4n) is 6.80. The van der Waals surface area contributed by atoms with Gasteiger partial charge in [0, 0.05) is 42.8 Å². The van der Waals surface area contributed by atoms with Crippen LogP contribution in [0.3, 0.4) is 0 Å². The molecule has 0 radical (unpaired) electrons. The lowest BCUT2D eigenvalue weighted by Gasteiger charge is -2.37. The molecule has 0 aliphatic rings. The Morgan fingerprint density at radius 1 is 0.719 bits per heavy atom. The highest BCUT2D eigenvalue weighted by atomic mass is 19.4. The number of halogens is 3. The lowest BCUT2D eigenvalue weighted by Crippen LogP contribution is -2.46. The van der Waals surface area contributed by atoms with Gasteiger partial charge in [0.25, 0.3) is 5.91 Å². The SMILES string of the molecule is CN(C)c1cc(C(F)(F)F)ccc1C(=O)Nc1ccc(N(C(=O)OCCn2nccc2NC(c2ccccc2)(c2ccccc2)c2ccccc2)C(C)(C)C)cc1. The number of ether oxygens (including phenoxy) is 1. The lowest BCUT2D eigenvalue weighted by atomic mass is 9.77. The first-order valence-corrected chi connectivity index (χ1v) is 18.4. The third kappa shape index (κ3) is 8.96. The molecule has 0 spiro atoms. The molecule has 294 valence electrons. The molecule has 0 saturated carbocycles. The Morgan fingerprint density at radius 2 is 1.26 bits per heavy atom. The molecule has 0 unspecified atom stereocenters. The topological polar surface area (TPSA) is 91.7 Å². The number of rotatable bonds is 12. The van der Waals surface area contributed by atoms with E-state index in [0.717, 1.165) is 40.7 Å². The van der Waals surface area contributed by atoms with Gasteiger partial charge in [-0.15, -0.1) is 0 Å². The summed E-state index contributed by atoms with van der Waals surface area (Å²) in [5, 5.41) is 11.1. The van der Waals surface area contributed by atoms with Crippen molar-refractivity contribution >= 4 is 34.9 Å². The highest BCUT2D eigenvalue weighted by molar-refractivity contribution is 6.08. The Bertz CT molecular complexity index is 2180. The average molecular weight is 775 g/mol. The molecule has 0 atom stereocenters. The highest BCUT2D eigenvalue weighted by Crippen LogP contribution is 2.40. The van der Waals surface area contributed by atoms with Gasteiger partial charge in [-0.2, -0.15) is 18.3 Å². The number of aromatic nitrogens is 2. The maximum Gasteiger partial charge on any atom is 0.416 e. The van der Waals surface area contributed by atoms with Crippen molar-refractivity contribution in [1.82, 2.24) is 9.78 Å². The second kappa shape index (κ2) is 16.7. The van der Waals surface area contributed by atoms with Crippen LogP contribution in [0.25, 0.3) is 0 Å². The number of alkyl halides is 3. The zero-order valence-corrected chi connectivity index (χ0v) is 32.4. The molecule has 57 heavy (non-hydrogen) atoms. The van der Waals surface area contributed by atoms with Gasteiger partial charge in [-0.25, -0.2) is 9.48 Å². The number of amides is 2. The number of hydrogen-bond donors (Lipinski definition) is 2. The molecule has 1 aromatic heterocycles. The summed E-state index contributed by atoms with van der Waals surface area (Å²) in [5.74, 6) is 0.148. The van der Waals surface area contributed by atoms with E-state index in [1.165, 1.54) is 9.80 Å². The molecular formula is C45H45F3N6O3.